The molecule has 0 aliphatic carbocycles. The zero-order valence-corrected chi connectivity index (χ0v) is 12.5. The van der Waals surface area contributed by atoms with Crippen LogP contribution in [0.25, 0.3) is 0 Å². The van der Waals surface area contributed by atoms with Crippen LogP contribution in [0, 0.1) is 6.92 Å². The number of aromatic nitrogens is 2. The van der Waals surface area contributed by atoms with Gasteiger partial charge in [-0.3, -0.25) is 9.48 Å². The minimum Gasteiger partial charge on any atom is -0.319 e. The van der Waals surface area contributed by atoms with Crippen LogP contribution in [0.1, 0.15) is 38.1 Å². The summed E-state index contributed by atoms with van der Waals surface area (Å²) in [5, 5.41) is 4.27. The lowest BCUT2D eigenvalue weighted by atomic mass is 9.87. The van der Waals surface area contributed by atoms with Crippen molar-refractivity contribution < 1.29 is 4.79 Å². The number of hydrogen-bond donors (Lipinski definition) is 1. The van der Waals surface area contributed by atoms with E-state index in [0.717, 1.165) is 15.9 Å². The normalized spacial score (nSPS) is 11.9. The van der Waals surface area contributed by atoms with Crippen molar-refractivity contribution in [2.75, 3.05) is 0 Å². The van der Waals surface area contributed by atoms with Crippen LogP contribution >= 0.6 is 15.9 Å². The number of ketones is 1. The van der Waals surface area contributed by atoms with Gasteiger partial charge in [-0.05, 0) is 35.7 Å². The van der Waals surface area contributed by atoms with Crippen molar-refractivity contribution in [3.05, 3.63) is 15.9 Å². The van der Waals surface area contributed by atoms with E-state index in [1.54, 1.807) is 4.68 Å². The standard InChI is InChI=1S/C12H20BrN3O/c1-5-12(14,6-2)10(17)7-9-11(13)8(3)15-16(9)4/h5-7,14H2,1-4H3. The van der Waals surface area contributed by atoms with E-state index in [4.69, 9.17) is 5.73 Å². The fourth-order valence-electron chi connectivity index (χ4n) is 1.84. The van der Waals surface area contributed by atoms with E-state index < -0.39 is 5.54 Å². The molecule has 0 saturated heterocycles. The topological polar surface area (TPSA) is 60.9 Å². The van der Waals surface area contributed by atoms with Crippen LogP contribution in [0.2, 0.25) is 0 Å². The fourth-order valence-corrected chi connectivity index (χ4v) is 2.32. The van der Waals surface area contributed by atoms with Crippen molar-refractivity contribution in [3.63, 3.8) is 0 Å². The van der Waals surface area contributed by atoms with Crippen LogP contribution in [0.3, 0.4) is 0 Å². The third kappa shape index (κ3) is 2.77. The maximum atomic E-state index is 12.2. The SMILES string of the molecule is CCC(N)(CC)C(=O)Cc1c(Br)c(C)nn1C. The minimum atomic E-state index is -0.711. The van der Waals surface area contributed by atoms with Gasteiger partial charge in [-0.2, -0.15) is 5.10 Å². The van der Waals surface area contributed by atoms with Gasteiger partial charge in [0.15, 0.2) is 5.78 Å². The van der Waals surface area contributed by atoms with Crippen LogP contribution in [-0.2, 0) is 18.3 Å². The highest BCUT2D eigenvalue weighted by Gasteiger charge is 2.30. The van der Waals surface area contributed by atoms with E-state index in [2.05, 4.69) is 21.0 Å². The zero-order chi connectivity index (χ0) is 13.2. The Morgan fingerprint density at radius 2 is 2.00 bits per heavy atom. The largest absolute Gasteiger partial charge is 0.319 e. The van der Waals surface area contributed by atoms with Gasteiger partial charge in [0, 0.05) is 7.05 Å². The number of rotatable bonds is 5. The molecule has 0 amide bonds. The van der Waals surface area contributed by atoms with E-state index in [9.17, 15) is 4.79 Å². The van der Waals surface area contributed by atoms with E-state index >= 15 is 0 Å². The Kier molecular flexibility index (Phi) is 4.49. The maximum Gasteiger partial charge on any atom is 0.158 e. The molecule has 0 saturated carbocycles. The highest BCUT2D eigenvalue weighted by molar-refractivity contribution is 9.10. The van der Waals surface area contributed by atoms with Gasteiger partial charge in [0.2, 0.25) is 0 Å². The molecule has 17 heavy (non-hydrogen) atoms. The van der Waals surface area contributed by atoms with Crippen LogP contribution in [0.15, 0.2) is 4.47 Å². The van der Waals surface area contributed by atoms with Gasteiger partial charge in [0.1, 0.15) is 0 Å². The minimum absolute atomic E-state index is 0.0752. The van der Waals surface area contributed by atoms with Gasteiger partial charge in [0.25, 0.3) is 0 Å². The van der Waals surface area contributed by atoms with E-state index in [1.807, 2.05) is 27.8 Å². The summed E-state index contributed by atoms with van der Waals surface area (Å²) in [6, 6.07) is 0. The summed E-state index contributed by atoms with van der Waals surface area (Å²) in [7, 11) is 1.84. The Bertz CT molecular complexity index is 422. The Hall–Kier alpha value is -0.680. The predicted octanol–water partition coefficient (Wildman–Crippen LogP) is 2.12. The second-order valence-electron chi connectivity index (χ2n) is 4.43. The molecule has 2 N–H and O–H groups in total. The molecule has 1 rings (SSSR count). The summed E-state index contributed by atoms with van der Waals surface area (Å²) in [6.45, 7) is 5.81. The zero-order valence-electron chi connectivity index (χ0n) is 10.9. The molecule has 0 aliphatic heterocycles. The number of aryl methyl sites for hydroxylation is 2. The molecule has 0 radical (unpaired) electrons. The number of carbonyl (C=O) groups is 1. The molecule has 0 aliphatic rings. The summed E-state index contributed by atoms with van der Waals surface area (Å²) in [5.41, 5.74) is 7.18. The van der Waals surface area contributed by atoms with Crippen molar-refractivity contribution in [3.8, 4) is 0 Å². The predicted molar refractivity (Wildman–Crippen MR) is 71.9 cm³/mol. The first-order chi connectivity index (χ1) is 7.85. The summed E-state index contributed by atoms with van der Waals surface area (Å²) < 4.78 is 2.64. The highest BCUT2D eigenvalue weighted by atomic mass is 79.9. The highest BCUT2D eigenvalue weighted by Crippen LogP contribution is 2.23. The quantitative estimate of drug-likeness (QED) is 0.906. The number of nitrogens with two attached hydrogens (primary N) is 1. The Labute approximate surface area is 111 Å². The van der Waals surface area contributed by atoms with Crippen molar-refractivity contribution in [1.82, 2.24) is 9.78 Å². The Balaban J connectivity index is 2.95. The van der Waals surface area contributed by atoms with Crippen molar-refractivity contribution in [1.29, 1.82) is 0 Å². The molecule has 1 aromatic rings. The monoisotopic (exact) mass is 301 g/mol. The number of halogens is 1. The Morgan fingerprint density at radius 3 is 2.35 bits per heavy atom. The van der Waals surface area contributed by atoms with Gasteiger partial charge in [-0.15, -0.1) is 0 Å². The summed E-state index contributed by atoms with van der Waals surface area (Å²) in [6.07, 6.45) is 1.66. The number of Topliss-reactive ketones (excluding diaryl/α,β-unsaturated/α-hetero) is 1. The lowest BCUT2D eigenvalue weighted by Gasteiger charge is -2.24. The van der Waals surface area contributed by atoms with E-state index in [1.165, 1.54) is 0 Å². The van der Waals surface area contributed by atoms with Crippen molar-refractivity contribution in [2.45, 2.75) is 45.6 Å². The Morgan fingerprint density at radius 1 is 1.47 bits per heavy atom. The lowest BCUT2D eigenvalue weighted by Crippen LogP contribution is -2.47. The van der Waals surface area contributed by atoms with Gasteiger partial charge >= 0.3 is 0 Å². The van der Waals surface area contributed by atoms with Gasteiger partial charge < -0.3 is 5.73 Å². The van der Waals surface area contributed by atoms with Crippen molar-refractivity contribution >= 4 is 21.7 Å². The van der Waals surface area contributed by atoms with Crippen LogP contribution in [0.4, 0.5) is 0 Å². The summed E-state index contributed by atoms with van der Waals surface area (Å²) in [5.74, 6) is 0.0752. The average Bonchev–Trinajstić information content (AvgIpc) is 2.54. The summed E-state index contributed by atoms with van der Waals surface area (Å²) in [4.78, 5) is 12.2. The molecule has 0 atom stereocenters. The van der Waals surface area contributed by atoms with Gasteiger partial charge in [0.05, 0.1) is 27.8 Å². The molecule has 96 valence electrons. The van der Waals surface area contributed by atoms with Gasteiger partial charge in [-0.1, -0.05) is 13.8 Å². The van der Waals surface area contributed by atoms with E-state index in [-0.39, 0.29) is 5.78 Å². The first kappa shape index (κ1) is 14.4. The molecular formula is C12H20BrN3O. The lowest BCUT2D eigenvalue weighted by molar-refractivity contribution is -0.123. The number of hydrogen-bond acceptors (Lipinski definition) is 3. The van der Waals surface area contributed by atoms with Crippen LogP contribution < -0.4 is 5.73 Å². The third-order valence-corrected chi connectivity index (χ3v) is 4.44. The number of carbonyl (C=O) groups excluding carboxylic acids is 1. The number of nitrogens with zero attached hydrogens (tertiary/aromatic N) is 2. The fraction of sp³-hybridized carbons (Fsp3) is 0.667. The average molecular weight is 302 g/mol. The smallest absolute Gasteiger partial charge is 0.158 e. The first-order valence-electron chi connectivity index (χ1n) is 5.85. The van der Waals surface area contributed by atoms with Crippen molar-refractivity contribution in [2.24, 2.45) is 12.8 Å². The van der Waals surface area contributed by atoms with Crippen LogP contribution in [0.5, 0.6) is 0 Å². The van der Waals surface area contributed by atoms with Crippen LogP contribution in [-0.4, -0.2) is 21.1 Å². The first-order valence-corrected chi connectivity index (χ1v) is 6.65. The molecule has 1 aromatic heterocycles. The molecule has 0 fully saturated rings. The molecule has 0 spiro atoms. The molecule has 0 unspecified atom stereocenters. The molecule has 5 heteroatoms. The maximum absolute atomic E-state index is 12.2. The molecule has 4 nitrogen and oxygen atoms in total. The molecule has 0 bridgehead atoms. The van der Waals surface area contributed by atoms with Gasteiger partial charge in [-0.25, -0.2) is 0 Å². The second kappa shape index (κ2) is 5.31. The summed E-state index contributed by atoms with van der Waals surface area (Å²) >= 11 is 3.46. The molecule has 1 heterocycles. The van der Waals surface area contributed by atoms with E-state index in [0.29, 0.717) is 19.3 Å². The third-order valence-electron chi connectivity index (χ3n) is 3.41. The second-order valence-corrected chi connectivity index (χ2v) is 5.23. The molecular weight excluding hydrogens is 282 g/mol. The molecule has 0 aromatic carbocycles.